The van der Waals surface area contributed by atoms with Crippen LogP contribution in [-0.4, -0.2) is 17.6 Å². The molecule has 1 heterocycles. The molecule has 0 unspecified atom stereocenters. The lowest BCUT2D eigenvalue weighted by molar-refractivity contribution is -0.143. The molecule has 0 bridgehead atoms. The van der Waals surface area contributed by atoms with Gasteiger partial charge >= 0.3 is 5.97 Å². The van der Waals surface area contributed by atoms with Gasteiger partial charge in [0.2, 0.25) is 0 Å². The van der Waals surface area contributed by atoms with Crippen LogP contribution in [0.15, 0.2) is 28.1 Å². The van der Waals surface area contributed by atoms with Crippen molar-refractivity contribution in [3.05, 3.63) is 39.6 Å². The van der Waals surface area contributed by atoms with E-state index in [9.17, 15) is 9.18 Å². The van der Waals surface area contributed by atoms with E-state index < -0.39 is 0 Å². The highest BCUT2D eigenvalue weighted by molar-refractivity contribution is 9.10. The fourth-order valence-electron chi connectivity index (χ4n) is 1.67. The van der Waals surface area contributed by atoms with Gasteiger partial charge in [0.15, 0.2) is 0 Å². The number of aryl methyl sites for hydroxylation is 1. The molecule has 106 valence electrons. The van der Waals surface area contributed by atoms with Crippen LogP contribution in [0, 0.1) is 5.82 Å². The monoisotopic (exact) mass is 357 g/mol. The van der Waals surface area contributed by atoms with Gasteiger partial charge in [0.25, 0.3) is 0 Å². The molecule has 0 amide bonds. The Bertz CT molecular complexity index is 615. The van der Waals surface area contributed by atoms with Gasteiger partial charge < -0.3 is 4.74 Å². The van der Waals surface area contributed by atoms with Gasteiger partial charge in [-0.1, -0.05) is 15.9 Å². The molecule has 0 saturated heterocycles. The van der Waals surface area contributed by atoms with Crippen LogP contribution < -0.4 is 0 Å². The Morgan fingerprint density at radius 1 is 1.50 bits per heavy atom. The largest absolute Gasteiger partial charge is 0.466 e. The lowest BCUT2D eigenvalue weighted by Crippen LogP contribution is -2.05. The van der Waals surface area contributed by atoms with Gasteiger partial charge in [0, 0.05) is 21.8 Å². The maximum atomic E-state index is 13.3. The molecule has 6 heteroatoms. The van der Waals surface area contributed by atoms with Crippen molar-refractivity contribution in [2.75, 3.05) is 6.61 Å². The maximum absolute atomic E-state index is 13.3. The van der Waals surface area contributed by atoms with Gasteiger partial charge in [-0.2, -0.15) is 0 Å². The lowest BCUT2D eigenvalue weighted by Gasteiger charge is -2.01. The number of carbonyl (C=O) groups excluding carboxylic acids is 1. The Kier molecular flexibility index (Phi) is 5.25. The van der Waals surface area contributed by atoms with Gasteiger partial charge in [-0.25, -0.2) is 9.37 Å². The van der Waals surface area contributed by atoms with E-state index in [2.05, 4.69) is 20.9 Å². The molecule has 20 heavy (non-hydrogen) atoms. The van der Waals surface area contributed by atoms with Crippen molar-refractivity contribution in [3.8, 4) is 10.6 Å². The van der Waals surface area contributed by atoms with E-state index in [0.717, 1.165) is 20.7 Å². The van der Waals surface area contributed by atoms with Crippen LogP contribution in [0.1, 0.15) is 19.0 Å². The van der Waals surface area contributed by atoms with E-state index in [-0.39, 0.29) is 11.8 Å². The highest BCUT2D eigenvalue weighted by Crippen LogP contribution is 2.31. The number of aromatic nitrogens is 1. The Balaban J connectivity index is 2.09. The highest BCUT2D eigenvalue weighted by Gasteiger charge is 2.11. The maximum Gasteiger partial charge on any atom is 0.306 e. The normalized spacial score (nSPS) is 10.6. The van der Waals surface area contributed by atoms with Crippen molar-refractivity contribution in [1.82, 2.24) is 4.98 Å². The number of hydrogen-bond donors (Lipinski definition) is 0. The Morgan fingerprint density at radius 3 is 3.05 bits per heavy atom. The number of ether oxygens (including phenoxy) is 1. The fraction of sp³-hybridized carbons (Fsp3) is 0.286. The predicted octanol–water partition coefficient (Wildman–Crippen LogP) is 4.21. The molecular formula is C14H13BrFNO2S. The fourth-order valence-corrected chi connectivity index (χ4v) is 3.12. The molecular weight excluding hydrogens is 345 g/mol. The molecule has 0 fully saturated rings. The standard InChI is InChI=1S/C14H13BrFNO2S/c1-2-19-13(18)6-4-10-8-20-14(17-10)11-7-9(16)3-5-12(11)15/h3,5,7-8H,2,4,6H2,1H3. The summed E-state index contributed by atoms with van der Waals surface area (Å²) in [6.07, 6.45) is 0.837. The van der Waals surface area contributed by atoms with E-state index in [4.69, 9.17) is 4.74 Å². The Hall–Kier alpha value is -1.27. The van der Waals surface area contributed by atoms with E-state index in [1.807, 2.05) is 5.38 Å². The van der Waals surface area contributed by atoms with Gasteiger partial charge in [-0.3, -0.25) is 4.79 Å². The second kappa shape index (κ2) is 6.95. The SMILES string of the molecule is CCOC(=O)CCc1csc(-c2cc(F)ccc2Br)n1. The number of carbonyl (C=O) groups is 1. The lowest BCUT2D eigenvalue weighted by atomic mass is 10.2. The molecule has 0 radical (unpaired) electrons. The summed E-state index contributed by atoms with van der Waals surface area (Å²) >= 11 is 4.82. The zero-order valence-corrected chi connectivity index (χ0v) is 13.3. The topological polar surface area (TPSA) is 39.2 Å². The zero-order valence-electron chi connectivity index (χ0n) is 10.9. The Morgan fingerprint density at radius 2 is 2.30 bits per heavy atom. The van der Waals surface area contributed by atoms with Crippen LogP contribution in [0.25, 0.3) is 10.6 Å². The molecule has 0 aliphatic rings. The molecule has 0 atom stereocenters. The van der Waals surface area contributed by atoms with Gasteiger partial charge in [-0.05, 0) is 25.1 Å². The van der Waals surface area contributed by atoms with E-state index in [0.29, 0.717) is 19.4 Å². The van der Waals surface area contributed by atoms with Gasteiger partial charge in [-0.15, -0.1) is 11.3 Å². The first-order valence-corrected chi connectivity index (χ1v) is 7.83. The van der Waals surface area contributed by atoms with Crippen LogP contribution in [0.4, 0.5) is 4.39 Å². The third-order valence-electron chi connectivity index (χ3n) is 2.60. The number of benzene rings is 1. The smallest absolute Gasteiger partial charge is 0.306 e. The molecule has 3 nitrogen and oxygen atoms in total. The summed E-state index contributed by atoms with van der Waals surface area (Å²) in [7, 11) is 0. The van der Waals surface area contributed by atoms with Crippen molar-refractivity contribution in [3.63, 3.8) is 0 Å². The van der Waals surface area contributed by atoms with Crippen LogP contribution in [-0.2, 0) is 16.0 Å². The van der Waals surface area contributed by atoms with Crippen LogP contribution in [0.3, 0.4) is 0 Å². The number of nitrogens with zero attached hydrogens (tertiary/aromatic N) is 1. The van der Waals surface area contributed by atoms with Crippen molar-refractivity contribution in [2.24, 2.45) is 0 Å². The Labute approximate surface area is 128 Å². The predicted molar refractivity (Wildman–Crippen MR) is 80.2 cm³/mol. The van der Waals surface area contributed by atoms with Crippen LogP contribution >= 0.6 is 27.3 Å². The second-order valence-corrected chi connectivity index (χ2v) is 5.79. The zero-order chi connectivity index (χ0) is 14.5. The summed E-state index contributed by atoms with van der Waals surface area (Å²) in [4.78, 5) is 15.7. The minimum atomic E-state index is -0.300. The molecule has 0 aliphatic heterocycles. The number of halogens is 2. The van der Waals surface area contributed by atoms with Crippen molar-refractivity contribution >= 4 is 33.2 Å². The highest BCUT2D eigenvalue weighted by atomic mass is 79.9. The van der Waals surface area contributed by atoms with Crippen LogP contribution in [0.2, 0.25) is 0 Å². The number of thiazole rings is 1. The molecule has 2 aromatic rings. The average molecular weight is 358 g/mol. The summed E-state index contributed by atoms with van der Waals surface area (Å²) in [6, 6.07) is 4.49. The summed E-state index contributed by atoms with van der Waals surface area (Å²) in [6.45, 7) is 2.16. The minimum Gasteiger partial charge on any atom is -0.466 e. The van der Waals surface area contributed by atoms with E-state index in [1.165, 1.54) is 23.5 Å². The molecule has 2 rings (SSSR count). The molecule has 1 aromatic carbocycles. The van der Waals surface area contributed by atoms with Gasteiger partial charge in [0.05, 0.1) is 18.7 Å². The van der Waals surface area contributed by atoms with Crippen molar-refractivity contribution in [2.45, 2.75) is 19.8 Å². The van der Waals surface area contributed by atoms with E-state index >= 15 is 0 Å². The summed E-state index contributed by atoms with van der Waals surface area (Å²) in [5.74, 6) is -0.527. The minimum absolute atomic E-state index is 0.228. The third kappa shape index (κ3) is 3.86. The first-order chi connectivity index (χ1) is 9.60. The summed E-state index contributed by atoms with van der Waals surface area (Å²) in [5.41, 5.74) is 1.53. The molecule has 1 aromatic heterocycles. The number of rotatable bonds is 5. The second-order valence-electron chi connectivity index (χ2n) is 4.07. The molecule has 0 spiro atoms. The van der Waals surface area contributed by atoms with E-state index in [1.54, 1.807) is 13.0 Å². The molecule has 0 N–H and O–H groups in total. The van der Waals surface area contributed by atoms with Crippen LogP contribution in [0.5, 0.6) is 0 Å². The van der Waals surface area contributed by atoms with Gasteiger partial charge in [0.1, 0.15) is 10.8 Å². The van der Waals surface area contributed by atoms with Crippen molar-refractivity contribution < 1.29 is 13.9 Å². The summed E-state index contributed by atoms with van der Waals surface area (Å²) in [5, 5.41) is 2.61. The first kappa shape index (κ1) is 15.1. The van der Waals surface area contributed by atoms with Crippen molar-refractivity contribution in [1.29, 1.82) is 0 Å². The average Bonchev–Trinajstić information content (AvgIpc) is 2.88. The first-order valence-electron chi connectivity index (χ1n) is 6.15. The molecule has 0 aliphatic carbocycles. The molecule has 0 saturated carbocycles. The quantitative estimate of drug-likeness (QED) is 0.752. The number of hydrogen-bond acceptors (Lipinski definition) is 4. The third-order valence-corrected chi connectivity index (χ3v) is 4.22. The number of esters is 1. The summed E-state index contributed by atoms with van der Waals surface area (Å²) < 4.78 is 18.9.